The lowest BCUT2D eigenvalue weighted by Gasteiger charge is -2.10. The third-order valence-corrected chi connectivity index (χ3v) is 5.62. The van der Waals surface area contributed by atoms with Gasteiger partial charge in [-0.2, -0.15) is 0 Å². The molecule has 25 heavy (non-hydrogen) atoms. The first-order valence-electron chi connectivity index (χ1n) is 7.58. The van der Waals surface area contributed by atoms with E-state index in [-0.39, 0.29) is 11.9 Å². The second-order valence-electron chi connectivity index (χ2n) is 5.29. The molecule has 0 aliphatic heterocycles. The molecule has 0 spiro atoms. The molecule has 0 saturated heterocycles. The Labute approximate surface area is 153 Å². The Morgan fingerprint density at radius 2 is 1.84 bits per heavy atom. The van der Waals surface area contributed by atoms with Crippen molar-refractivity contribution in [2.24, 2.45) is 0 Å². The van der Waals surface area contributed by atoms with Gasteiger partial charge >= 0.3 is 5.97 Å². The largest absolute Gasteiger partial charge is 0.465 e. The van der Waals surface area contributed by atoms with E-state index in [0.29, 0.717) is 9.75 Å². The third-order valence-electron chi connectivity index (χ3n) is 3.53. The molecule has 1 N–H and O–H groups in total. The van der Waals surface area contributed by atoms with Crippen molar-refractivity contribution in [2.75, 3.05) is 7.11 Å². The Kier molecular flexibility index (Phi) is 5.25. The summed E-state index contributed by atoms with van der Waals surface area (Å²) in [6.45, 7) is 1.89. The van der Waals surface area contributed by atoms with Crippen LogP contribution in [0.3, 0.4) is 0 Å². The van der Waals surface area contributed by atoms with E-state index in [1.54, 1.807) is 12.1 Å². The molecule has 128 valence electrons. The molecule has 2 heterocycles. The minimum Gasteiger partial charge on any atom is -0.465 e. The number of carbonyl (C=O) groups is 2. The van der Waals surface area contributed by atoms with Gasteiger partial charge in [0.1, 0.15) is 9.88 Å². The van der Waals surface area contributed by atoms with Gasteiger partial charge in [-0.25, -0.2) is 9.78 Å². The molecule has 7 heteroatoms. The van der Waals surface area contributed by atoms with Crippen LogP contribution < -0.4 is 5.32 Å². The number of nitrogens with zero attached hydrogens (tertiary/aromatic N) is 1. The van der Waals surface area contributed by atoms with Crippen LogP contribution in [0.2, 0.25) is 0 Å². The Hall–Kier alpha value is -2.51. The van der Waals surface area contributed by atoms with Crippen molar-refractivity contribution in [3.8, 4) is 11.3 Å². The van der Waals surface area contributed by atoms with Gasteiger partial charge in [0.25, 0.3) is 5.91 Å². The number of hydrogen-bond donors (Lipinski definition) is 1. The maximum atomic E-state index is 12.4. The molecule has 0 aliphatic carbocycles. The first kappa shape index (κ1) is 17.3. The predicted octanol–water partition coefficient (Wildman–Crippen LogP) is 4.15. The lowest BCUT2D eigenvalue weighted by atomic mass is 10.2. The summed E-state index contributed by atoms with van der Waals surface area (Å²) in [4.78, 5) is 29.3. The smallest absolute Gasteiger partial charge is 0.348 e. The molecule has 0 bridgehead atoms. The Morgan fingerprint density at radius 3 is 2.56 bits per heavy atom. The van der Waals surface area contributed by atoms with Gasteiger partial charge in [-0.05, 0) is 19.1 Å². The van der Waals surface area contributed by atoms with E-state index in [4.69, 9.17) is 0 Å². The van der Waals surface area contributed by atoms with Crippen LogP contribution in [0.25, 0.3) is 11.3 Å². The lowest BCUT2D eigenvalue weighted by molar-refractivity contribution is 0.0606. The highest BCUT2D eigenvalue weighted by Gasteiger charge is 2.18. The van der Waals surface area contributed by atoms with E-state index in [1.807, 2.05) is 42.6 Å². The van der Waals surface area contributed by atoms with Gasteiger partial charge in [0.05, 0.1) is 23.7 Å². The topological polar surface area (TPSA) is 68.3 Å². The van der Waals surface area contributed by atoms with E-state index in [2.05, 4.69) is 15.0 Å². The summed E-state index contributed by atoms with van der Waals surface area (Å²) in [5.41, 5.74) is 1.94. The summed E-state index contributed by atoms with van der Waals surface area (Å²) in [5, 5.41) is 5.73. The summed E-state index contributed by atoms with van der Waals surface area (Å²) >= 11 is 2.62. The number of thiophene rings is 1. The van der Waals surface area contributed by atoms with E-state index in [9.17, 15) is 9.59 Å². The summed E-state index contributed by atoms with van der Waals surface area (Å²) in [6.07, 6.45) is 0. The zero-order valence-electron chi connectivity index (χ0n) is 13.7. The van der Waals surface area contributed by atoms with Crippen LogP contribution in [-0.4, -0.2) is 24.0 Å². The van der Waals surface area contributed by atoms with Crippen molar-refractivity contribution in [1.29, 1.82) is 0 Å². The van der Waals surface area contributed by atoms with Gasteiger partial charge in [0.2, 0.25) is 0 Å². The van der Waals surface area contributed by atoms with Crippen LogP contribution >= 0.6 is 22.7 Å². The van der Waals surface area contributed by atoms with Crippen LogP contribution in [0.5, 0.6) is 0 Å². The lowest BCUT2D eigenvalue weighted by Crippen LogP contribution is -2.25. The highest BCUT2D eigenvalue weighted by molar-refractivity contribution is 7.15. The van der Waals surface area contributed by atoms with Crippen molar-refractivity contribution in [1.82, 2.24) is 10.3 Å². The number of rotatable bonds is 5. The molecule has 0 fully saturated rings. The van der Waals surface area contributed by atoms with Gasteiger partial charge in [-0.3, -0.25) is 4.79 Å². The maximum absolute atomic E-state index is 12.4. The van der Waals surface area contributed by atoms with Crippen LogP contribution in [0.15, 0.2) is 47.8 Å². The van der Waals surface area contributed by atoms with Crippen molar-refractivity contribution in [3.63, 3.8) is 0 Å². The van der Waals surface area contributed by atoms with Crippen molar-refractivity contribution in [3.05, 3.63) is 62.6 Å². The average molecular weight is 372 g/mol. The Bertz CT molecular complexity index is 887. The van der Waals surface area contributed by atoms with E-state index in [1.165, 1.54) is 18.4 Å². The van der Waals surface area contributed by atoms with Crippen LogP contribution in [0, 0.1) is 0 Å². The number of aromatic nitrogens is 1. The first-order valence-corrected chi connectivity index (χ1v) is 9.28. The summed E-state index contributed by atoms with van der Waals surface area (Å²) in [6, 6.07) is 12.9. The molecule has 0 aliphatic rings. The number of amides is 1. The van der Waals surface area contributed by atoms with Crippen LogP contribution in [0.1, 0.15) is 37.3 Å². The quantitative estimate of drug-likeness (QED) is 0.683. The van der Waals surface area contributed by atoms with Crippen molar-refractivity contribution < 1.29 is 14.3 Å². The number of nitrogens with one attached hydrogen (secondary N) is 1. The first-order chi connectivity index (χ1) is 12.1. The number of carbonyl (C=O) groups excluding carboxylic acids is 2. The van der Waals surface area contributed by atoms with Crippen molar-refractivity contribution in [2.45, 2.75) is 13.0 Å². The molecular weight excluding hydrogens is 356 g/mol. The molecule has 2 aromatic heterocycles. The number of benzene rings is 1. The highest BCUT2D eigenvalue weighted by Crippen LogP contribution is 2.26. The fourth-order valence-electron chi connectivity index (χ4n) is 2.23. The van der Waals surface area contributed by atoms with Gasteiger partial charge in [-0.1, -0.05) is 30.3 Å². The monoisotopic (exact) mass is 372 g/mol. The molecule has 1 amide bonds. The summed E-state index contributed by atoms with van der Waals surface area (Å²) in [5.74, 6) is -0.673. The van der Waals surface area contributed by atoms with Crippen molar-refractivity contribution >= 4 is 34.6 Å². The predicted molar refractivity (Wildman–Crippen MR) is 99.1 cm³/mol. The summed E-state index contributed by atoms with van der Waals surface area (Å²) < 4.78 is 4.66. The van der Waals surface area contributed by atoms with Gasteiger partial charge in [0, 0.05) is 10.9 Å². The number of esters is 1. The number of methoxy groups -OCH3 is 1. The van der Waals surface area contributed by atoms with Crippen LogP contribution in [-0.2, 0) is 4.74 Å². The maximum Gasteiger partial charge on any atom is 0.348 e. The second-order valence-corrected chi connectivity index (χ2v) is 7.26. The van der Waals surface area contributed by atoms with Gasteiger partial charge in [-0.15, -0.1) is 22.7 Å². The molecule has 0 radical (unpaired) electrons. The SMILES string of the molecule is COC(=O)c1ccc(C(=O)NC(C)c2nc(-c3ccccc3)cs2)s1. The van der Waals surface area contributed by atoms with E-state index in [0.717, 1.165) is 27.6 Å². The number of hydrogen-bond acceptors (Lipinski definition) is 6. The molecule has 1 unspecified atom stereocenters. The normalized spacial score (nSPS) is 11.8. The number of thiazole rings is 1. The molecule has 1 atom stereocenters. The van der Waals surface area contributed by atoms with Crippen LogP contribution in [0.4, 0.5) is 0 Å². The Morgan fingerprint density at radius 1 is 1.12 bits per heavy atom. The molecule has 3 rings (SSSR count). The third kappa shape index (κ3) is 3.94. The highest BCUT2D eigenvalue weighted by atomic mass is 32.1. The standard InChI is InChI=1S/C18H16N2O3S2/c1-11(17-20-13(10-24-17)12-6-4-3-5-7-12)19-16(21)14-8-9-15(25-14)18(22)23-2/h3-11H,1-2H3,(H,19,21). The zero-order chi connectivity index (χ0) is 17.8. The Balaban J connectivity index is 1.69. The minimum absolute atomic E-state index is 0.223. The van der Waals surface area contributed by atoms with Gasteiger partial charge in [0.15, 0.2) is 0 Å². The second kappa shape index (κ2) is 7.58. The molecule has 0 saturated carbocycles. The zero-order valence-corrected chi connectivity index (χ0v) is 15.3. The number of ether oxygens (including phenoxy) is 1. The minimum atomic E-state index is -0.440. The molecule has 3 aromatic rings. The molecule has 1 aromatic carbocycles. The fourth-order valence-corrected chi connectivity index (χ4v) is 3.89. The average Bonchev–Trinajstić information content (AvgIpc) is 3.31. The molecule has 5 nitrogen and oxygen atoms in total. The fraction of sp³-hybridized carbons (Fsp3) is 0.167. The molecular formula is C18H16N2O3S2. The van der Waals surface area contributed by atoms with E-state index >= 15 is 0 Å². The summed E-state index contributed by atoms with van der Waals surface area (Å²) in [7, 11) is 1.32. The van der Waals surface area contributed by atoms with E-state index < -0.39 is 5.97 Å². The van der Waals surface area contributed by atoms with Gasteiger partial charge < -0.3 is 10.1 Å².